The van der Waals surface area contributed by atoms with Gasteiger partial charge in [0.2, 0.25) is 0 Å². The van der Waals surface area contributed by atoms with Gasteiger partial charge >= 0.3 is 0 Å². The van der Waals surface area contributed by atoms with Crippen molar-refractivity contribution in [2.45, 2.75) is 46.7 Å². The number of rotatable bonds is 6. The molecule has 4 heteroatoms. The highest BCUT2D eigenvalue weighted by atomic mass is 35.5. The number of benzene rings is 1. The first-order valence-electron chi connectivity index (χ1n) is 7.60. The van der Waals surface area contributed by atoms with E-state index >= 15 is 0 Å². The second-order valence-corrected chi connectivity index (χ2v) is 5.84. The number of aromatic nitrogens is 2. The summed E-state index contributed by atoms with van der Waals surface area (Å²) in [6, 6.07) is 6.66. The Labute approximate surface area is 132 Å². The fraction of sp³-hybridized carbons (Fsp3) is 0.471. The highest BCUT2D eigenvalue weighted by molar-refractivity contribution is 6.31. The monoisotopic (exact) mass is 305 g/mol. The first-order valence-corrected chi connectivity index (χ1v) is 7.98. The zero-order valence-electron chi connectivity index (χ0n) is 13.3. The molecule has 21 heavy (non-hydrogen) atoms. The van der Waals surface area contributed by atoms with E-state index < -0.39 is 0 Å². The van der Waals surface area contributed by atoms with Gasteiger partial charge in [-0.05, 0) is 43.5 Å². The lowest BCUT2D eigenvalue weighted by Crippen LogP contribution is -2.25. The number of hydrogen-bond donors (Lipinski definition) is 1. The molecule has 0 aliphatic rings. The summed E-state index contributed by atoms with van der Waals surface area (Å²) in [7, 11) is 0. The Morgan fingerprint density at radius 1 is 1.24 bits per heavy atom. The third kappa shape index (κ3) is 3.47. The maximum absolute atomic E-state index is 6.41. The molecule has 0 spiro atoms. The molecule has 1 unspecified atom stereocenters. The molecule has 2 aromatic rings. The van der Waals surface area contributed by atoms with Crippen LogP contribution in [-0.2, 0) is 6.54 Å². The molecule has 1 atom stereocenters. The third-order valence-electron chi connectivity index (χ3n) is 3.81. The summed E-state index contributed by atoms with van der Waals surface area (Å²) in [5.41, 5.74) is 4.90. The molecule has 114 valence electrons. The lowest BCUT2D eigenvalue weighted by atomic mass is 9.98. The Kier molecular flexibility index (Phi) is 5.43. The minimum atomic E-state index is 0.0795. The first kappa shape index (κ1) is 16.1. The molecule has 1 N–H and O–H groups in total. The van der Waals surface area contributed by atoms with E-state index in [1.54, 1.807) is 6.20 Å². The van der Waals surface area contributed by atoms with Gasteiger partial charge in [-0.15, -0.1) is 0 Å². The predicted molar refractivity (Wildman–Crippen MR) is 89.0 cm³/mol. The van der Waals surface area contributed by atoms with E-state index in [2.05, 4.69) is 56.3 Å². The molecule has 0 aliphatic carbocycles. The molecule has 0 saturated carbocycles. The number of halogens is 1. The predicted octanol–water partition coefficient (Wildman–Crippen LogP) is 4.26. The Morgan fingerprint density at radius 3 is 2.62 bits per heavy atom. The topological polar surface area (TPSA) is 29.9 Å². The smallest absolute Gasteiger partial charge is 0.0837 e. The van der Waals surface area contributed by atoms with Gasteiger partial charge in [0.1, 0.15) is 0 Å². The van der Waals surface area contributed by atoms with Crippen LogP contribution in [0.25, 0.3) is 0 Å². The van der Waals surface area contributed by atoms with Crippen molar-refractivity contribution in [3.8, 4) is 0 Å². The van der Waals surface area contributed by atoms with Crippen LogP contribution in [0.5, 0.6) is 0 Å². The summed E-state index contributed by atoms with van der Waals surface area (Å²) < 4.78 is 2.02. The van der Waals surface area contributed by atoms with Crippen molar-refractivity contribution in [3.05, 3.63) is 51.8 Å². The number of aryl methyl sites for hydroxylation is 3. The molecule has 2 rings (SSSR count). The standard InChI is InChI=1S/C17H24ClN3/c1-5-9-21-17(15(18)11-20-21)16(19-6-2)14-8-7-12(3)13(4)10-14/h7-8,10-11,16,19H,5-6,9H2,1-4H3. The largest absolute Gasteiger partial charge is 0.305 e. The third-order valence-corrected chi connectivity index (χ3v) is 4.11. The van der Waals surface area contributed by atoms with E-state index in [0.29, 0.717) is 0 Å². The van der Waals surface area contributed by atoms with Gasteiger partial charge in [0.15, 0.2) is 0 Å². The zero-order chi connectivity index (χ0) is 15.4. The van der Waals surface area contributed by atoms with Crippen LogP contribution in [0.3, 0.4) is 0 Å². The van der Waals surface area contributed by atoms with Gasteiger partial charge < -0.3 is 5.32 Å². The maximum Gasteiger partial charge on any atom is 0.0837 e. The van der Waals surface area contributed by atoms with Crippen molar-refractivity contribution in [3.63, 3.8) is 0 Å². The van der Waals surface area contributed by atoms with Gasteiger partial charge in [-0.2, -0.15) is 5.10 Å². The highest BCUT2D eigenvalue weighted by Gasteiger charge is 2.21. The molecular weight excluding hydrogens is 282 g/mol. The fourth-order valence-electron chi connectivity index (χ4n) is 2.57. The van der Waals surface area contributed by atoms with E-state index in [0.717, 1.165) is 30.2 Å². The molecule has 0 aliphatic heterocycles. The summed E-state index contributed by atoms with van der Waals surface area (Å²) in [5.74, 6) is 0. The maximum atomic E-state index is 6.41. The Morgan fingerprint density at radius 2 is 2.00 bits per heavy atom. The van der Waals surface area contributed by atoms with Crippen LogP contribution in [0.15, 0.2) is 24.4 Å². The van der Waals surface area contributed by atoms with Gasteiger partial charge in [-0.1, -0.05) is 43.6 Å². The van der Waals surface area contributed by atoms with E-state index in [9.17, 15) is 0 Å². The SMILES string of the molecule is CCCn1ncc(Cl)c1C(NCC)c1ccc(C)c(C)c1. The summed E-state index contributed by atoms with van der Waals surface area (Å²) in [4.78, 5) is 0. The lowest BCUT2D eigenvalue weighted by Gasteiger charge is -2.21. The van der Waals surface area contributed by atoms with Crippen molar-refractivity contribution in [1.82, 2.24) is 15.1 Å². The van der Waals surface area contributed by atoms with E-state index in [4.69, 9.17) is 11.6 Å². The molecule has 0 fully saturated rings. The molecule has 1 aromatic heterocycles. The normalized spacial score (nSPS) is 12.6. The quantitative estimate of drug-likeness (QED) is 0.864. The molecule has 1 heterocycles. The van der Waals surface area contributed by atoms with Crippen molar-refractivity contribution < 1.29 is 0 Å². The number of nitrogens with one attached hydrogen (secondary N) is 1. The van der Waals surface area contributed by atoms with Crippen molar-refractivity contribution >= 4 is 11.6 Å². The summed E-state index contributed by atoms with van der Waals surface area (Å²) in [5, 5.41) is 8.69. The van der Waals surface area contributed by atoms with Gasteiger partial charge in [-0.3, -0.25) is 4.68 Å². The van der Waals surface area contributed by atoms with Crippen LogP contribution in [0, 0.1) is 13.8 Å². The Bertz CT molecular complexity index is 604. The van der Waals surface area contributed by atoms with Crippen molar-refractivity contribution in [1.29, 1.82) is 0 Å². The van der Waals surface area contributed by atoms with Crippen LogP contribution in [-0.4, -0.2) is 16.3 Å². The summed E-state index contributed by atoms with van der Waals surface area (Å²) in [6.45, 7) is 10.3. The first-order chi connectivity index (χ1) is 10.1. The van der Waals surface area contributed by atoms with Gasteiger partial charge in [0.05, 0.1) is 23.0 Å². The van der Waals surface area contributed by atoms with Crippen molar-refractivity contribution in [2.24, 2.45) is 0 Å². The molecule has 0 radical (unpaired) electrons. The zero-order valence-corrected chi connectivity index (χ0v) is 14.0. The van der Waals surface area contributed by atoms with Gasteiger partial charge in [-0.25, -0.2) is 0 Å². The second kappa shape index (κ2) is 7.10. The average molecular weight is 306 g/mol. The van der Waals surface area contributed by atoms with Crippen LogP contribution in [0.4, 0.5) is 0 Å². The molecule has 0 amide bonds. The minimum Gasteiger partial charge on any atom is -0.305 e. The van der Waals surface area contributed by atoms with E-state index in [1.165, 1.54) is 16.7 Å². The summed E-state index contributed by atoms with van der Waals surface area (Å²) in [6.07, 6.45) is 2.79. The van der Waals surface area contributed by atoms with E-state index in [1.807, 2.05) is 4.68 Å². The number of hydrogen-bond acceptors (Lipinski definition) is 2. The minimum absolute atomic E-state index is 0.0795. The molecule has 3 nitrogen and oxygen atoms in total. The number of nitrogens with zero attached hydrogens (tertiary/aromatic N) is 2. The van der Waals surface area contributed by atoms with E-state index in [-0.39, 0.29) is 6.04 Å². The van der Waals surface area contributed by atoms with Crippen LogP contribution < -0.4 is 5.32 Å². The molecular formula is C17H24ClN3. The lowest BCUT2D eigenvalue weighted by molar-refractivity contribution is 0.520. The fourth-order valence-corrected chi connectivity index (χ4v) is 2.82. The van der Waals surface area contributed by atoms with Crippen LogP contribution in [0.2, 0.25) is 5.02 Å². The summed E-state index contributed by atoms with van der Waals surface area (Å²) >= 11 is 6.41. The molecule has 0 saturated heterocycles. The molecule has 1 aromatic carbocycles. The average Bonchev–Trinajstić information content (AvgIpc) is 2.81. The van der Waals surface area contributed by atoms with Crippen molar-refractivity contribution in [2.75, 3.05) is 6.54 Å². The second-order valence-electron chi connectivity index (χ2n) is 5.44. The van der Waals surface area contributed by atoms with Crippen LogP contribution >= 0.6 is 11.6 Å². The molecule has 0 bridgehead atoms. The Balaban J connectivity index is 2.47. The van der Waals surface area contributed by atoms with Gasteiger partial charge in [0, 0.05) is 6.54 Å². The highest BCUT2D eigenvalue weighted by Crippen LogP contribution is 2.29. The van der Waals surface area contributed by atoms with Crippen LogP contribution in [0.1, 0.15) is 48.7 Å². The van der Waals surface area contributed by atoms with Gasteiger partial charge in [0.25, 0.3) is 0 Å². The Hall–Kier alpha value is -1.32.